The molecule has 3 N–H and O–H groups in total. The van der Waals surface area contributed by atoms with E-state index in [1.807, 2.05) is 0 Å². The molecule has 0 radical (unpaired) electrons. The fraction of sp³-hybridized carbons (Fsp3) is 0.667. The van der Waals surface area contributed by atoms with Gasteiger partial charge in [-0.25, -0.2) is 4.63 Å². The molecule has 6 heteroatoms. The molecule has 0 saturated heterocycles. The average Bonchev–Trinajstić information content (AvgIpc) is 2.50. The summed E-state index contributed by atoms with van der Waals surface area (Å²) in [5.41, 5.74) is 5.51. The first kappa shape index (κ1) is 9.95. The van der Waals surface area contributed by atoms with Crippen LogP contribution in [0.4, 0.5) is 11.6 Å². The number of nitrogens with two attached hydrogens (primary N) is 1. The molecule has 0 aliphatic heterocycles. The molecule has 82 valence electrons. The lowest BCUT2D eigenvalue weighted by Gasteiger charge is -2.26. The first-order chi connectivity index (χ1) is 7.15. The summed E-state index contributed by atoms with van der Waals surface area (Å²) >= 11 is 0. The Morgan fingerprint density at radius 3 is 2.87 bits per heavy atom. The lowest BCUT2D eigenvalue weighted by atomic mass is 9.86. The second-order valence-corrected chi connectivity index (χ2v) is 4.13. The normalized spacial score (nSPS) is 26.6. The van der Waals surface area contributed by atoms with Crippen molar-refractivity contribution in [2.45, 2.75) is 32.2 Å². The van der Waals surface area contributed by atoms with Crippen LogP contribution in [0.15, 0.2) is 4.63 Å². The van der Waals surface area contributed by atoms with Crippen LogP contribution in [0.5, 0.6) is 0 Å². The number of rotatable bonds is 2. The highest BCUT2D eigenvalue weighted by Gasteiger charge is 2.25. The molecular weight excluding hydrogens is 196 g/mol. The van der Waals surface area contributed by atoms with Gasteiger partial charge in [-0.2, -0.15) is 0 Å². The van der Waals surface area contributed by atoms with Crippen molar-refractivity contribution in [1.29, 1.82) is 0 Å². The van der Waals surface area contributed by atoms with Gasteiger partial charge >= 0.3 is 0 Å². The van der Waals surface area contributed by atoms with Crippen LogP contribution in [-0.2, 0) is 4.79 Å². The molecule has 0 spiro atoms. The Hall–Kier alpha value is -1.59. The maximum Gasteiger partial charge on any atom is 0.215 e. The summed E-state index contributed by atoms with van der Waals surface area (Å²) in [4.78, 5) is 11.4. The highest BCUT2D eigenvalue weighted by Crippen LogP contribution is 2.24. The molecule has 2 atom stereocenters. The number of hydrogen-bond donors (Lipinski definition) is 2. The second kappa shape index (κ2) is 3.88. The Balaban J connectivity index is 2.00. The zero-order valence-electron chi connectivity index (χ0n) is 8.56. The summed E-state index contributed by atoms with van der Waals surface area (Å²) in [7, 11) is 0. The van der Waals surface area contributed by atoms with Crippen molar-refractivity contribution >= 4 is 17.4 Å². The number of anilines is 2. The lowest BCUT2D eigenvalue weighted by molar-refractivity contribution is -0.121. The topological polar surface area (TPSA) is 94.0 Å². The number of aromatic nitrogens is 2. The van der Waals surface area contributed by atoms with Gasteiger partial charge in [-0.15, -0.1) is 0 Å². The number of carbonyl (C=O) groups is 1. The summed E-state index contributed by atoms with van der Waals surface area (Å²) in [6, 6.07) is 0.0930. The Bertz CT molecular complexity index is 363. The molecule has 0 amide bonds. The summed E-state index contributed by atoms with van der Waals surface area (Å²) in [5.74, 6) is 1.36. The molecule has 1 fully saturated rings. The van der Waals surface area contributed by atoms with E-state index in [9.17, 15) is 4.79 Å². The minimum Gasteiger partial charge on any atom is -0.378 e. The van der Waals surface area contributed by atoms with E-state index in [0.717, 1.165) is 6.42 Å². The molecule has 15 heavy (non-hydrogen) atoms. The maximum atomic E-state index is 11.4. The molecule has 1 heterocycles. The number of nitrogen functional groups attached to an aromatic ring is 1. The van der Waals surface area contributed by atoms with E-state index in [1.165, 1.54) is 0 Å². The molecule has 0 unspecified atom stereocenters. The van der Waals surface area contributed by atoms with E-state index in [4.69, 9.17) is 5.73 Å². The van der Waals surface area contributed by atoms with Crippen LogP contribution in [0.25, 0.3) is 0 Å². The average molecular weight is 210 g/mol. The van der Waals surface area contributed by atoms with E-state index < -0.39 is 0 Å². The molecule has 1 aromatic heterocycles. The van der Waals surface area contributed by atoms with Crippen molar-refractivity contribution in [3.63, 3.8) is 0 Å². The largest absolute Gasteiger partial charge is 0.378 e. The zero-order valence-corrected chi connectivity index (χ0v) is 8.56. The lowest BCUT2D eigenvalue weighted by Crippen LogP contribution is -2.31. The second-order valence-electron chi connectivity index (χ2n) is 4.13. The van der Waals surface area contributed by atoms with E-state index >= 15 is 0 Å². The molecule has 2 rings (SSSR count). The van der Waals surface area contributed by atoms with E-state index in [1.54, 1.807) is 0 Å². The fourth-order valence-electron chi connectivity index (χ4n) is 2.00. The van der Waals surface area contributed by atoms with Crippen LogP contribution in [0.3, 0.4) is 0 Å². The molecule has 6 nitrogen and oxygen atoms in total. The third-order valence-electron chi connectivity index (χ3n) is 2.59. The SMILES string of the molecule is C[C@@H]1CC(=O)C[C@@H](Nc2nonc2N)C1. The van der Waals surface area contributed by atoms with Gasteiger partial charge in [-0.1, -0.05) is 6.92 Å². The van der Waals surface area contributed by atoms with Crippen LogP contribution in [0.2, 0.25) is 0 Å². The molecule has 1 aliphatic rings. The van der Waals surface area contributed by atoms with Crippen LogP contribution in [0, 0.1) is 5.92 Å². The van der Waals surface area contributed by atoms with Gasteiger partial charge in [0, 0.05) is 18.9 Å². The van der Waals surface area contributed by atoms with Gasteiger partial charge in [0.1, 0.15) is 5.78 Å². The minimum atomic E-state index is 0.0930. The first-order valence-corrected chi connectivity index (χ1v) is 5.01. The van der Waals surface area contributed by atoms with Crippen LogP contribution >= 0.6 is 0 Å². The Morgan fingerprint density at radius 2 is 2.27 bits per heavy atom. The highest BCUT2D eigenvalue weighted by atomic mass is 16.6. The quantitative estimate of drug-likeness (QED) is 0.750. The van der Waals surface area contributed by atoms with Gasteiger partial charge in [0.15, 0.2) is 0 Å². The van der Waals surface area contributed by atoms with Gasteiger partial charge in [0.2, 0.25) is 11.6 Å². The number of hydrogen-bond acceptors (Lipinski definition) is 6. The van der Waals surface area contributed by atoms with Crippen molar-refractivity contribution in [2.24, 2.45) is 5.92 Å². The van der Waals surface area contributed by atoms with Crippen molar-refractivity contribution < 1.29 is 9.42 Å². The van der Waals surface area contributed by atoms with Gasteiger partial charge in [0.05, 0.1) is 0 Å². The molecule has 1 aromatic rings. The van der Waals surface area contributed by atoms with Crippen LogP contribution < -0.4 is 11.1 Å². The fourth-order valence-corrected chi connectivity index (χ4v) is 2.00. The van der Waals surface area contributed by atoms with Gasteiger partial charge in [0.25, 0.3) is 0 Å². The predicted molar refractivity (Wildman–Crippen MR) is 54.1 cm³/mol. The van der Waals surface area contributed by atoms with E-state index in [2.05, 4.69) is 27.2 Å². The molecule has 0 bridgehead atoms. The Labute approximate surface area is 87.2 Å². The summed E-state index contributed by atoms with van der Waals surface area (Å²) in [5, 5.41) is 10.2. The first-order valence-electron chi connectivity index (χ1n) is 5.01. The van der Waals surface area contributed by atoms with Crippen molar-refractivity contribution in [3.05, 3.63) is 0 Å². The number of ketones is 1. The standard InChI is InChI=1S/C9H14N4O2/c1-5-2-6(4-7(14)3-5)11-9-8(10)12-15-13-9/h5-6H,2-4H2,1H3,(H2,10,12)(H,11,13)/t5-,6-/m0/s1. The molecular formula is C9H14N4O2. The van der Waals surface area contributed by atoms with Crippen molar-refractivity contribution in [2.75, 3.05) is 11.1 Å². The van der Waals surface area contributed by atoms with Gasteiger partial charge < -0.3 is 11.1 Å². The van der Waals surface area contributed by atoms with E-state index in [0.29, 0.717) is 24.6 Å². The summed E-state index contributed by atoms with van der Waals surface area (Å²) in [6.07, 6.45) is 2.14. The maximum absolute atomic E-state index is 11.4. The van der Waals surface area contributed by atoms with E-state index in [-0.39, 0.29) is 17.6 Å². The molecule has 1 aliphatic carbocycles. The third kappa shape index (κ3) is 2.26. The molecule has 0 aromatic carbocycles. The number of Topliss-reactive ketones (excluding diaryl/α,β-unsaturated/α-hetero) is 1. The third-order valence-corrected chi connectivity index (χ3v) is 2.59. The van der Waals surface area contributed by atoms with Gasteiger partial charge in [-0.05, 0) is 22.7 Å². The van der Waals surface area contributed by atoms with Crippen LogP contribution in [-0.4, -0.2) is 22.1 Å². The monoisotopic (exact) mass is 210 g/mol. The molecule has 1 saturated carbocycles. The Morgan fingerprint density at radius 1 is 1.47 bits per heavy atom. The number of nitrogens with one attached hydrogen (secondary N) is 1. The Kier molecular flexibility index (Phi) is 2.57. The van der Waals surface area contributed by atoms with Crippen molar-refractivity contribution in [1.82, 2.24) is 10.3 Å². The number of nitrogens with zero attached hydrogens (tertiary/aromatic N) is 2. The summed E-state index contributed by atoms with van der Waals surface area (Å²) in [6.45, 7) is 2.07. The number of carbonyl (C=O) groups excluding carboxylic acids is 1. The van der Waals surface area contributed by atoms with Crippen molar-refractivity contribution in [3.8, 4) is 0 Å². The predicted octanol–water partition coefficient (Wildman–Crippen LogP) is 0.821. The van der Waals surface area contributed by atoms with Gasteiger partial charge in [-0.3, -0.25) is 4.79 Å². The zero-order chi connectivity index (χ0) is 10.8. The summed E-state index contributed by atoms with van der Waals surface area (Å²) < 4.78 is 4.47. The van der Waals surface area contributed by atoms with Crippen LogP contribution in [0.1, 0.15) is 26.2 Å². The minimum absolute atomic E-state index is 0.0930. The smallest absolute Gasteiger partial charge is 0.215 e. The highest BCUT2D eigenvalue weighted by molar-refractivity contribution is 5.80.